The summed E-state index contributed by atoms with van der Waals surface area (Å²) in [4.78, 5) is 26.6. The Hall–Kier alpha value is -4.33. The van der Waals surface area contributed by atoms with Crippen molar-refractivity contribution in [3.05, 3.63) is 83.4 Å². The van der Waals surface area contributed by atoms with Crippen molar-refractivity contribution < 1.29 is 23.8 Å². The van der Waals surface area contributed by atoms with Gasteiger partial charge in [-0.05, 0) is 72.6 Å². The average molecular weight is 502 g/mol. The standard InChI is InChI=1S/C29H31N3O5/c1-5-36-28-16-20(18-33)6-15-27(28)37-19-29(34)32-26(22-7-11-23(12-8-22)31(2)3)17-25(30-32)21-9-13-24(35-4)14-10-21/h6-16,18,26H,5,17,19H2,1-4H3. The minimum Gasteiger partial charge on any atom is -0.497 e. The maximum atomic E-state index is 13.4. The molecule has 1 heterocycles. The first-order valence-corrected chi connectivity index (χ1v) is 12.1. The fourth-order valence-electron chi connectivity index (χ4n) is 4.14. The quantitative estimate of drug-likeness (QED) is 0.374. The van der Waals surface area contributed by atoms with Gasteiger partial charge in [-0.25, -0.2) is 5.01 Å². The lowest BCUT2D eigenvalue weighted by Crippen LogP contribution is -2.31. The van der Waals surface area contributed by atoms with E-state index in [0.717, 1.165) is 34.6 Å². The Balaban J connectivity index is 1.59. The molecule has 37 heavy (non-hydrogen) atoms. The molecule has 0 aromatic heterocycles. The van der Waals surface area contributed by atoms with Crippen LogP contribution in [0.3, 0.4) is 0 Å². The van der Waals surface area contributed by atoms with Gasteiger partial charge in [-0.1, -0.05) is 12.1 Å². The Kier molecular flexibility index (Phi) is 8.08. The fraction of sp³-hybridized carbons (Fsp3) is 0.276. The van der Waals surface area contributed by atoms with Crippen LogP contribution in [0, 0.1) is 0 Å². The molecule has 3 aromatic rings. The number of anilines is 1. The van der Waals surface area contributed by atoms with E-state index in [1.807, 2.05) is 74.4 Å². The average Bonchev–Trinajstić information content (AvgIpc) is 3.38. The van der Waals surface area contributed by atoms with Gasteiger partial charge in [-0.15, -0.1) is 0 Å². The summed E-state index contributed by atoms with van der Waals surface area (Å²) in [6.45, 7) is 2.01. The van der Waals surface area contributed by atoms with Crippen LogP contribution < -0.4 is 19.1 Å². The lowest BCUT2D eigenvalue weighted by Gasteiger charge is -2.23. The number of hydrazone groups is 1. The van der Waals surface area contributed by atoms with Crippen LogP contribution in [0.2, 0.25) is 0 Å². The summed E-state index contributed by atoms with van der Waals surface area (Å²) in [6, 6.07) is 20.3. The molecule has 192 valence electrons. The number of methoxy groups -OCH3 is 1. The van der Waals surface area contributed by atoms with E-state index < -0.39 is 0 Å². The van der Waals surface area contributed by atoms with Gasteiger partial charge in [0.15, 0.2) is 18.1 Å². The number of ether oxygens (including phenoxy) is 3. The first-order chi connectivity index (χ1) is 17.9. The third-order valence-corrected chi connectivity index (χ3v) is 6.14. The van der Waals surface area contributed by atoms with Crippen molar-refractivity contribution in [2.75, 3.05) is 39.3 Å². The Morgan fingerprint density at radius 3 is 2.38 bits per heavy atom. The Labute approximate surface area is 217 Å². The van der Waals surface area contributed by atoms with Crippen LogP contribution in [0.5, 0.6) is 17.2 Å². The number of hydrogen-bond acceptors (Lipinski definition) is 7. The van der Waals surface area contributed by atoms with Crippen LogP contribution in [-0.2, 0) is 4.79 Å². The molecular weight excluding hydrogens is 470 g/mol. The number of benzene rings is 3. The predicted molar refractivity (Wildman–Crippen MR) is 143 cm³/mol. The van der Waals surface area contributed by atoms with Crippen LogP contribution in [-0.4, -0.2) is 57.3 Å². The molecule has 4 rings (SSSR count). The van der Waals surface area contributed by atoms with Crippen molar-refractivity contribution in [2.24, 2.45) is 5.10 Å². The number of hydrogen-bond donors (Lipinski definition) is 0. The molecule has 1 atom stereocenters. The normalized spacial score (nSPS) is 14.6. The monoisotopic (exact) mass is 501 g/mol. The topological polar surface area (TPSA) is 80.7 Å². The van der Waals surface area contributed by atoms with Crippen molar-refractivity contribution in [3.8, 4) is 17.2 Å². The predicted octanol–water partition coefficient (Wildman–Crippen LogP) is 4.73. The zero-order valence-corrected chi connectivity index (χ0v) is 21.5. The molecule has 0 radical (unpaired) electrons. The fourth-order valence-corrected chi connectivity index (χ4v) is 4.14. The van der Waals surface area contributed by atoms with E-state index in [1.54, 1.807) is 25.3 Å². The summed E-state index contributed by atoms with van der Waals surface area (Å²) in [6.07, 6.45) is 1.31. The molecule has 1 aliphatic rings. The molecule has 8 nitrogen and oxygen atoms in total. The van der Waals surface area contributed by atoms with Crippen molar-refractivity contribution in [3.63, 3.8) is 0 Å². The van der Waals surface area contributed by atoms with Crippen LogP contribution in [0.1, 0.15) is 40.9 Å². The highest BCUT2D eigenvalue weighted by atomic mass is 16.5. The molecular formula is C29H31N3O5. The molecule has 0 aliphatic carbocycles. The van der Waals surface area contributed by atoms with Crippen LogP contribution in [0.25, 0.3) is 0 Å². The summed E-state index contributed by atoms with van der Waals surface area (Å²) < 4.78 is 16.7. The van der Waals surface area contributed by atoms with Gasteiger partial charge in [0.25, 0.3) is 5.91 Å². The molecule has 0 spiro atoms. The first-order valence-electron chi connectivity index (χ1n) is 12.1. The van der Waals surface area contributed by atoms with E-state index in [2.05, 4.69) is 0 Å². The highest BCUT2D eigenvalue weighted by Crippen LogP contribution is 2.34. The maximum absolute atomic E-state index is 13.4. The van der Waals surface area contributed by atoms with Crippen molar-refractivity contribution in [1.29, 1.82) is 0 Å². The van der Waals surface area contributed by atoms with Gasteiger partial charge in [-0.2, -0.15) is 5.10 Å². The van der Waals surface area contributed by atoms with Gasteiger partial charge in [0.05, 0.1) is 25.5 Å². The van der Waals surface area contributed by atoms with E-state index in [9.17, 15) is 9.59 Å². The highest BCUT2D eigenvalue weighted by Gasteiger charge is 2.33. The molecule has 0 fully saturated rings. The Morgan fingerprint density at radius 1 is 1.03 bits per heavy atom. The number of aldehydes is 1. The zero-order chi connectivity index (χ0) is 26.4. The SMILES string of the molecule is CCOc1cc(C=O)ccc1OCC(=O)N1N=C(c2ccc(OC)cc2)CC1c1ccc(N(C)C)cc1. The molecule has 3 aromatic carbocycles. The molecule has 1 aliphatic heterocycles. The summed E-state index contributed by atoms with van der Waals surface area (Å²) in [7, 11) is 5.60. The van der Waals surface area contributed by atoms with Crippen molar-refractivity contribution in [1.82, 2.24) is 5.01 Å². The van der Waals surface area contributed by atoms with Crippen LogP contribution >= 0.6 is 0 Å². The van der Waals surface area contributed by atoms with Gasteiger partial charge >= 0.3 is 0 Å². The van der Waals surface area contributed by atoms with E-state index in [0.29, 0.717) is 30.1 Å². The first kappa shape index (κ1) is 25.8. The van der Waals surface area contributed by atoms with Gasteiger partial charge in [0.1, 0.15) is 12.0 Å². The summed E-state index contributed by atoms with van der Waals surface area (Å²) in [5.74, 6) is 1.28. The third-order valence-electron chi connectivity index (χ3n) is 6.14. The second-order valence-electron chi connectivity index (χ2n) is 8.77. The van der Waals surface area contributed by atoms with E-state index >= 15 is 0 Å². The Morgan fingerprint density at radius 2 is 1.76 bits per heavy atom. The number of rotatable bonds is 10. The van der Waals surface area contributed by atoms with E-state index in [4.69, 9.17) is 19.3 Å². The zero-order valence-electron chi connectivity index (χ0n) is 21.5. The van der Waals surface area contributed by atoms with E-state index in [1.165, 1.54) is 5.01 Å². The molecule has 8 heteroatoms. The van der Waals surface area contributed by atoms with Crippen molar-refractivity contribution in [2.45, 2.75) is 19.4 Å². The summed E-state index contributed by atoms with van der Waals surface area (Å²) >= 11 is 0. The smallest absolute Gasteiger partial charge is 0.281 e. The maximum Gasteiger partial charge on any atom is 0.281 e. The molecule has 0 N–H and O–H groups in total. The molecule has 1 unspecified atom stereocenters. The number of amides is 1. The minimum absolute atomic E-state index is 0.230. The number of carbonyl (C=O) groups is 2. The second kappa shape index (κ2) is 11.6. The van der Waals surface area contributed by atoms with Gasteiger partial charge in [0.2, 0.25) is 0 Å². The third kappa shape index (κ3) is 5.91. The molecule has 0 saturated carbocycles. The number of nitrogens with zero attached hydrogens (tertiary/aromatic N) is 3. The van der Waals surface area contributed by atoms with Crippen molar-refractivity contribution >= 4 is 23.6 Å². The lowest BCUT2D eigenvalue weighted by atomic mass is 9.98. The molecule has 0 saturated heterocycles. The van der Waals surface area contributed by atoms with E-state index in [-0.39, 0.29) is 18.6 Å². The van der Waals surface area contributed by atoms with Crippen LogP contribution in [0.15, 0.2) is 71.8 Å². The minimum atomic E-state index is -0.285. The summed E-state index contributed by atoms with van der Waals surface area (Å²) in [5, 5.41) is 6.22. The van der Waals surface area contributed by atoms with Gasteiger partial charge in [0, 0.05) is 31.8 Å². The van der Waals surface area contributed by atoms with Gasteiger partial charge < -0.3 is 19.1 Å². The van der Waals surface area contributed by atoms with Gasteiger partial charge in [-0.3, -0.25) is 9.59 Å². The second-order valence-corrected chi connectivity index (χ2v) is 8.77. The summed E-state index contributed by atoms with van der Waals surface area (Å²) in [5.41, 5.74) is 4.26. The van der Waals surface area contributed by atoms with Crippen LogP contribution in [0.4, 0.5) is 5.69 Å². The largest absolute Gasteiger partial charge is 0.497 e. The number of carbonyl (C=O) groups excluding carboxylic acids is 2. The lowest BCUT2D eigenvalue weighted by molar-refractivity contribution is -0.135. The Bertz CT molecular complexity index is 1270. The highest BCUT2D eigenvalue weighted by molar-refractivity contribution is 6.03. The molecule has 1 amide bonds. The molecule has 0 bridgehead atoms.